The number of carbonyl (C=O) groups is 2. The van der Waals surface area contributed by atoms with Crippen LogP contribution in [0.2, 0.25) is 0 Å². The van der Waals surface area contributed by atoms with Gasteiger partial charge in [0.2, 0.25) is 0 Å². The largest absolute Gasteiger partial charge is 0.280 e. The fourth-order valence-electron chi connectivity index (χ4n) is 2.28. The van der Waals surface area contributed by atoms with Crippen molar-refractivity contribution in [3.8, 4) is 0 Å². The Kier molecular flexibility index (Phi) is 3.55. The molecule has 2 amide bonds. The van der Waals surface area contributed by atoms with Crippen molar-refractivity contribution < 1.29 is 9.59 Å². The smallest absolute Gasteiger partial charge is 0.267 e. The molecule has 0 N–H and O–H groups in total. The van der Waals surface area contributed by atoms with Crippen LogP contribution < -0.4 is 0 Å². The Balaban J connectivity index is 1.93. The van der Waals surface area contributed by atoms with Crippen LogP contribution in [-0.4, -0.2) is 34.3 Å². The molecule has 0 aliphatic carbocycles. The molecular formula is C17H15N3O2. The maximum atomic E-state index is 12.5. The standard InChI is InChI=1S/C17H15N3O2/c1-11-6-8-13(9-7-11)16(21)19-15-12(2)18-14-5-3-4-10-20(14)17(15)22/h3-10,12H,1-2H3. The number of hydrogen-bond donors (Lipinski definition) is 0. The van der Waals surface area contributed by atoms with Gasteiger partial charge in [-0.15, -0.1) is 0 Å². The number of nitrogens with zero attached hydrogens (tertiary/aromatic N) is 3. The number of rotatable bonds is 1. The molecule has 2 aliphatic heterocycles. The van der Waals surface area contributed by atoms with Crippen molar-refractivity contribution in [3.05, 3.63) is 59.8 Å². The number of fused-ring (bicyclic) bond motifs is 1. The van der Waals surface area contributed by atoms with Crippen molar-refractivity contribution in [1.82, 2.24) is 4.90 Å². The highest BCUT2D eigenvalue weighted by Crippen LogP contribution is 2.15. The molecule has 0 saturated heterocycles. The van der Waals surface area contributed by atoms with Gasteiger partial charge in [0.1, 0.15) is 11.5 Å². The Morgan fingerprint density at radius 1 is 1.23 bits per heavy atom. The molecule has 0 spiro atoms. The molecule has 0 fully saturated rings. The number of allylic oxidation sites excluding steroid dienone is 2. The van der Waals surface area contributed by atoms with Gasteiger partial charge < -0.3 is 0 Å². The van der Waals surface area contributed by atoms with E-state index < -0.39 is 11.9 Å². The topological polar surface area (TPSA) is 62.1 Å². The molecule has 2 aliphatic rings. The predicted octanol–water partition coefficient (Wildman–Crippen LogP) is 2.29. The lowest BCUT2D eigenvalue weighted by molar-refractivity contribution is -0.119. The quantitative estimate of drug-likeness (QED) is 0.797. The van der Waals surface area contributed by atoms with E-state index >= 15 is 0 Å². The van der Waals surface area contributed by atoms with Crippen LogP contribution in [0.4, 0.5) is 0 Å². The van der Waals surface area contributed by atoms with Crippen molar-refractivity contribution in [1.29, 1.82) is 0 Å². The van der Waals surface area contributed by atoms with Crippen molar-refractivity contribution in [2.24, 2.45) is 9.98 Å². The summed E-state index contributed by atoms with van der Waals surface area (Å²) in [5.74, 6) is -0.161. The normalized spacial score (nSPS) is 21.8. The zero-order valence-electron chi connectivity index (χ0n) is 12.4. The average molecular weight is 293 g/mol. The van der Waals surface area contributed by atoms with E-state index in [9.17, 15) is 9.59 Å². The van der Waals surface area contributed by atoms with E-state index in [0.29, 0.717) is 11.4 Å². The van der Waals surface area contributed by atoms with E-state index in [0.717, 1.165) is 5.56 Å². The minimum atomic E-state index is -0.440. The average Bonchev–Trinajstić information content (AvgIpc) is 2.52. The molecular weight excluding hydrogens is 278 g/mol. The number of aliphatic imine (C=N–C) groups is 2. The Morgan fingerprint density at radius 2 is 1.95 bits per heavy atom. The van der Waals surface area contributed by atoms with Crippen molar-refractivity contribution in [2.75, 3.05) is 0 Å². The lowest BCUT2D eigenvalue weighted by atomic mass is 10.1. The Bertz CT molecular complexity index is 755. The van der Waals surface area contributed by atoms with E-state index in [-0.39, 0.29) is 11.6 Å². The molecule has 0 radical (unpaired) electrons. The zero-order valence-corrected chi connectivity index (χ0v) is 12.4. The predicted molar refractivity (Wildman–Crippen MR) is 85.0 cm³/mol. The van der Waals surface area contributed by atoms with E-state index in [4.69, 9.17) is 0 Å². The van der Waals surface area contributed by atoms with Gasteiger partial charge in [-0.25, -0.2) is 4.99 Å². The van der Waals surface area contributed by atoms with Gasteiger partial charge in [-0.3, -0.25) is 19.5 Å². The third-order valence-corrected chi connectivity index (χ3v) is 3.52. The molecule has 1 aromatic carbocycles. The second-order valence-electron chi connectivity index (χ2n) is 5.21. The van der Waals surface area contributed by atoms with E-state index in [1.165, 1.54) is 4.90 Å². The molecule has 3 rings (SSSR count). The summed E-state index contributed by atoms with van der Waals surface area (Å²) in [4.78, 5) is 34.5. The number of benzene rings is 1. The summed E-state index contributed by atoms with van der Waals surface area (Å²) in [6, 6.07) is 6.65. The lowest BCUT2D eigenvalue weighted by Gasteiger charge is -2.27. The highest BCUT2D eigenvalue weighted by Gasteiger charge is 2.32. The van der Waals surface area contributed by atoms with Gasteiger partial charge in [0.25, 0.3) is 11.8 Å². The van der Waals surface area contributed by atoms with Crippen LogP contribution in [0.25, 0.3) is 0 Å². The molecule has 5 heteroatoms. The van der Waals surface area contributed by atoms with Crippen LogP contribution in [-0.2, 0) is 4.79 Å². The first-order chi connectivity index (χ1) is 10.6. The van der Waals surface area contributed by atoms with E-state index in [1.807, 2.05) is 25.1 Å². The monoisotopic (exact) mass is 293 g/mol. The van der Waals surface area contributed by atoms with Gasteiger partial charge in [0.05, 0.1) is 6.04 Å². The van der Waals surface area contributed by atoms with Gasteiger partial charge in [-0.1, -0.05) is 23.8 Å². The maximum Gasteiger partial charge on any atom is 0.280 e. The first kappa shape index (κ1) is 14.1. The molecule has 22 heavy (non-hydrogen) atoms. The van der Waals surface area contributed by atoms with Gasteiger partial charge in [0.15, 0.2) is 0 Å². The minimum absolute atomic E-state index is 0.161. The summed E-state index contributed by atoms with van der Waals surface area (Å²) in [6.45, 7) is 3.70. The Hall–Kier alpha value is -2.82. The molecule has 2 heterocycles. The summed E-state index contributed by atoms with van der Waals surface area (Å²) in [7, 11) is 0. The number of amidine groups is 1. The number of aryl methyl sites for hydroxylation is 1. The van der Waals surface area contributed by atoms with Crippen molar-refractivity contribution in [2.45, 2.75) is 19.9 Å². The first-order valence-electron chi connectivity index (χ1n) is 7.02. The number of hydrogen-bond acceptors (Lipinski definition) is 3. The highest BCUT2D eigenvalue weighted by atomic mass is 16.2. The van der Waals surface area contributed by atoms with Crippen LogP contribution in [0.3, 0.4) is 0 Å². The number of amides is 2. The third-order valence-electron chi connectivity index (χ3n) is 3.52. The van der Waals surface area contributed by atoms with Gasteiger partial charge >= 0.3 is 0 Å². The van der Waals surface area contributed by atoms with Crippen LogP contribution in [0.15, 0.2) is 58.7 Å². The Labute approximate surface area is 128 Å². The SMILES string of the molecule is Cc1ccc(C(=O)N=C2C(=O)N3C=CC=CC3=NC2C)cc1. The summed E-state index contributed by atoms with van der Waals surface area (Å²) >= 11 is 0. The third kappa shape index (κ3) is 2.53. The van der Waals surface area contributed by atoms with Crippen LogP contribution in [0.5, 0.6) is 0 Å². The number of carbonyl (C=O) groups excluding carboxylic acids is 2. The first-order valence-corrected chi connectivity index (χ1v) is 7.02. The van der Waals surface area contributed by atoms with Gasteiger partial charge in [-0.05, 0) is 38.1 Å². The lowest BCUT2D eigenvalue weighted by Crippen LogP contribution is -2.46. The molecule has 1 atom stereocenters. The highest BCUT2D eigenvalue weighted by molar-refractivity contribution is 6.47. The summed E-state index contributed by atoms with van der Waals surface area (Å²) < 4.78 is 0. The van der Waals surface area contributed by atoms with Crippen LogP contribution in [0.1, 0.15) is 22.8 Å². The molecule has 0 saturated carbocycles. The van der Waals surface area contributed by atoms with Crippen molar-refractivity contribution >= 4 is 23.4 Å². The summed E-state index contributed by atoms with van der Waals surface area (Å²) in [5.41, 5.74) is 1.68. The second-order valence-corrected chi connectivity index (χ2v) is 5.21. The van der Waals surface area contributed by atoms with E-state index in [1.54, 1.807) is 37.4 Å². The van der Waals surface area contributed by atoms with Gasteiger partial charge in [-0.2, -0.15) is 0 Å². The summed E-state index contributed by atoms with van der Waals surface area (Å²) in [6.07, 6.45) is 6.94. The second kappa shape index (κ2) is 5.52. The van der Waals surface area contributed by atoms with E-state index in [2.05, 4.69) is 9.98 Å². The molecule has 0 aromatic heterocycles. The fraction of sp³-hybridized carbons (Fsp3) is 0.176. The maximum absolute atomic E-state index is 12.5. The minimum Gasteiger partial charge on any atom is -0.267 e. The van der Waals surface area contributed by atoms with Gasteiger partial charge in [0, 0.05) is 11.8 Å². The fourth-order valence-corrected chi connectivity index (χ4v) is 2.28. The molecule has 110 valence electrons. The molecule has 1 unspecified atom stereocenters. The molecule has 0 bridgehead atoms. The molecule has 5 nitrogen and oxygen atoms in total. The molecule has 1 aromatic rings. The van der Waals surface area contributed by atoms with Crippen LogP contribution >= 0.6 is 0 Å². The summed E-state index contributed by atoms with van der Waals surface area (Å²) in [5, 5.41) is 0. The zero-order chi connectivity index (χ0) is 15.7. The van der Waals surface area contributed by atoms with Crippen LogP contribution in [0, 0.1) is 6.92 Å². The Morgan fingerprint density at radius 3 is 2.68 bits per heavy atom. The van der Waals surface area contributed by atoms with Crippen molar-refractivity contribution in [3.63, 3.8) is 0 Å².